The smallest absolute Gasteiger partial charge is 0.255 e. The first-order valence-corrected chi connectivity index (χ1v) is 12.6. The molecule has 0 spiro atoms. The molecule has 184 valence electrons. The number of nitrogens with zero attached hydrogens (tertiary/aromatic N) is 1. The normalized spacial score (nSPS) is 14.1. The lowest BCUT2D eigenvalue weighted by molar-refractivity contribution is 0.0947. The summed E-state index contributed by atoms with van der Waals surface area (Å²) in [5.41, 5.74) is 4.00. The van der Waals surface area contributed by atoms with Crippen molar-refractivity contribution in [3.05, 3.63) is 59.2 Å². The van der Waals surface area contributed by atoms with E-state index in [4.69, 9.17) is 4.74 Å². The van der Waals surface area contributed by atoms with E-state index in [1.807, 2.05) is 36.4 Å². The predicted molar refractivity (Wildman–Crippen MR) is 139 cm³/mol. The van der Waals surface area contributed by atoms with Crippen molar-refractivity contribution in [1.29, 1.82) is 0 Å². The van der Waals surface area contributed by atoms with E-state index in [2.05, 4.69) is 29.4 Å². The Balaban J connectivity index is 1.75. The molecule has 1 fully saturated rings. The number of unbranched alkanes of at least 4 members (excludes halogenated alkanes) is 1. The van der Waals surface area contributed by atoms with Crippen LogP contribution in [-0.2, 0) is 11.2 Å². The fraction of sp³-hybridized carbons (Fsp3) is 0.500. The van der Waals surface area contributed by atoms with Crippen LogP contribution in [0.5, 0.6) is 0 Å². The van der Waals surface area contributed by atoms with Gasteiger partial charge in [-0.1, -0.05) is 32.4 Å². The van der Waals surface area contributed by atoms with Crippen molar-refractivity contribution in [3.8, 4) is 0 Å². The molecule has 1 aliphatic rings. The second kappa shape index (κ2) is 13.1. The molecule has 2 amide bonds. The number of piperidine rings is 1. The number of nitrogens with one attached hydrogen (secondary N) is 2. The molecule has 1 heterocycles. The summed E-state index contributed by atoms with van der Waals surface area (Å²) in [5.74, 6) is 0.406. The lowest BCUT2D eigenvalue weighted by Crippen LogP contribution is -2.35. The number of carbonyl (C=O) groups is 2. The number of hydrogen-bond acceptors (Lipinski definition) is 4. The first-order chi connectivity index (χ1) is 16.5. The zero-order valence-electron chi connectivity index (χ0n) is 20.9. The van der Waals surface area contributed by atoms with Crippen LogP contribution < -0.4 is 15.5 Å². The Morgan fingerprint density at radius 2 is 1.76 bits per heavy atom. The van der Waals surface area contributed by atoms with Crippen molar-refractivity contribution < 1.29 is 14.3 Å². The minimum absolute atomic E-state index is 0.124. The molecule has 1 saturated heterocycles. The number of ether oxygens (including phenoxy) is 1. The topological polar surface area (TPSA) is 70.7 Å². The van der Waals surface area contributed by atoms with Crippen molar-refractivity contribution in [3.63, 3.8) is 0 Å². The monoisotopic (exact) mass is 465 g/mol. The third kappa shape index (κ3) is 7.32. The molecule has 6 heteroatoms. The quantitative estimate of drug-likeness (QED) is 0.443. The number of benzene rings is 2. The first-order valence-electron chi connectivity index (χ1n) is 12.6. The minimum Gasteiger partial charge on any atom is -0.385 e. The fourth-order valence-corrected chi connectivity index (χ4v) is 4.24. The number of anilines is 2. The van der Waals surface area contributed by atoms with Gasteiger partial charge in [0.1, 0.15) is 0 Å². The molecule has 2 N–H and O–H groups in total. The summed E-state index contributed by atoms with van der Waals surface area (Å²) in [6.07, 6.45) is 6.30. The molecule has 0 aromatic heterocycles. The van der Waals surface area contributed by atoms with Gasteiger partial charge >= 0.3 is 0 Å². The Morgan fingerprint density at radius 3 is 2.44 bits per heavy atom. The number of methoxy groups -OCH3 is 1. The van der Waals surface area contributed by atoms with Gasteiger partial charge in [-0.3, -0.25) is 9.59 Å². The average Bonchev–Trinajstić information content (AvgIpc) is 2.86. The van der Waals surface area contributed by atoms with Gasteiger partial charge in [-0.25, -0.2) is 0 Å². The highest BCUT2D eigenvalue weighted by Crippen LogP contribution is 2.29. The zero-order valence-corrected chi connectivity index (χ0v) is 20.9. The summed E-state index contributed by atoms with van der Waals surface area (Å²) in [7, 11) is 1.65. The van der Waals surface area contributed by atoms with Crippen molar-refractivity contribution in [2.24, 2.45) is 5.92 Å². The van der Waals surface area contributed by atoms with E-state index in [0.717, 1.165) is 57.3 Å². The van der Waals surface area contributed by atoms with Crippen LogP contribution in [0, 0.1) is 5.92 Å². The van der Waals surface area contributed by atoms with E-state index in [9.17, 15) is 9.59 Å². The number of rotatable bonds is 11. The van der Waals surface area contributed by atoms with Crippen molar-refractivity contribution >= 4 is 23.2 Å². The van der Waals surface area contributed by atoms with Gasteiger partial charge in [0, 0.05) is 50.3 Å². The zero-order chi connectivity index (χ0) is 24.3. The van der Waals surface area contributed by atoms with Gasteiger partial charge in [-0.2, -0.15) is 0 Å². The molecule has 0 atom stereocenters. The van der Waals surface area contributed by atoms with Crippen LogP contribution in [0.3, 0.4) is 0 Å². The van der Waals surface area contributed by atoms with Crippen molar-refractivity contribution in [2.45, 2.75) is 52.4 Å². The summed E-state index contributed by atoms with van der Waals surface area (Å²) < 4.78 is 5.08. The maximum absolute atomic E-state index is 13.1. The fourth-order valence-electron chi connectivity index (χ4n) is 4.24. The number of amides is 2. The summed E-state index contributed by atoms with van der Waals surface area (Å²) in [5, 5.41) is 5.97. The Bertz CT molecular complexity index is 934. The Kier molecular flexibility index (Phi) is 9.95. The molecule has 1 aliphatic heterocycles. The number of hydrogen-bond donors (Lipinski definition) is 2. The highest BCUT2D eigenvalue weighted by molar-refractivity contribution is 6.06. The second-order valence-corrected chi connectivity index (χ2v) is 9.26. The van der Waals surface area contributed by atoms with Crippen molar-refractivity contribution in [1.82, 2.24) is 5.32 Å². The highest BCUT2D eigenvalue weighted by Gasteiger charge is 2.22. The number of carbonyl (C=O) groups excluding carboxylic acids is 2. The van der Waals surface area contributed by atoms with Gasteiger partial charge in [0.2, 0.25) is 0 Å². The standard InChI is InChI=1S/C28H39N3O3/c1-4-5-7-22-8-10-23(11-9-22)27(32)30-24-12-13-26(31-17-14-21(2)15-18-31)25(20-24)28(33)29-16-6-19-34-3/h8-13,20-21H,4-7,14-19H2,1-3H3,(H,29,33)(H,30,32). The van der Waals surface area contributed by atoms with Crippen molar-refractivity contribution in [2.75, 3.05) is 43.6 Å². The molecular formula is C28H39N3O3. The van der Waals surface area contributed by atoms with Crippen LogP contribution in [-0.4, -0.2) is 45.2 Å². The van der Waals surface area contributed by atoms with Gasteiger partial charge in [0.15, 0.2) is 0 Å². The lowest BCUT2D eigenvalue weighted by Gasteiger charge is -2.33. The summed E-state index contributed by atoms with van der Waals surface area (Å²) in [4.78, 5) is 28.2. The maximum atomic E-state index is 13.1. The molecule has 6 nitrogen and oxygen atoms in total. The van der Waals surface area contributed by atoms with E-state index < -0.39 is 0 Å². The Morgan fingerprint density at radius 1 is 1.03 bits per heavy atom. The Labute approximate surface area is 204 Å². The van der Waals surface area contributed by atoms with Crippen LogP contribution in [0.4, 0.5) is 11.4 Å². The highest BCUT2D eigenvalue weighted by atomic mass is 16.5. The molecule has 0 bridgehead atoms. The SMILES string of the molecule is CCCCc1ccc(C(=O)Nc2ccc(N3CCC(C)CC3)c(C(=O)NCCCOC)c2)cc1. The summed E-state index contributed by atoms with van der Waals surface area (Å²) in [6.45, 7) is 7.46. The van der Waals surface area contributed by atoms with Crippen LogP contribution >= 0.6 is 0 Å². The van der Waals surface area contributed by atoms with E-state index in [1.54, 1.807) is 13.2 Å². The third-order valence-electron chi connectivity index (χ3n) is 6.47. The maximum Gasteiger partial charge on any atom is 0.255 e. The molecular weight excluding hydrogens is 426 g/mol. The molecule has 0 radical (unpaired) electrons. The van der Waals surface area contributed by atoms with Gasteiger partial charge in [0.05, 0.1) is 5.56 Å². The molecule has 2 aromatic rings. The molecule has 2 aromatic carbocycles. The molecule has 34 heavy (non-hydrogen) atoms. The van der Waals surface area contributed by atoms with Crippen LogP contribution in [0.25, 0.3) is 0 Å². The van der Waals surface area contributed by atoms with E-state index in [1.165, 1.54) is 5.56 Å². The summed E-state index contributed by atoms with van der Waals surface area (Å²) in [6, 6.07) is 13.4. The second-order valence-electron chi connectivity index (χ2n) is 9.26. The van der Waals surface area contributed by atoms with Crippen LogP contribution in [0.1, 0.15) is 72.2 Å². The molecule has 0 unspecified atom stereocenters. The van der Waals surface area contributed by atoms with E-state index >= 15 is 0 Å². The minimum atomic E-state index is -0.173. The lowest BCUT2D eigenvalue weighted by atomic mass is 9.97. The van der Waals surface area contributed by atoms with Gasteiger partial charge in [0.25, 0.3) is 11.8 Å². The van der Waals surface area contributed by atoms with Gasteiger partial charge in [-0.15, -0.1) is 0 Å². The van der Waals surface area contributed by atoms with Crippen LogP contribution in [0.15, 0.2) is 42.5 Å². The predicted octanol–water partition coefficient (Wildman–Crippen LogP) is 5.28. The first kappa shape index (κ1) is 25.8. The third-order valence-corrected chi connectivity index (χ3v) is 6.47. The van der Waals surface area contributed by atoms with Gasteiger partial charge in [-0.05, 0) is 73.9 Å². The average molecular weight is 466 g/mol. The van der Waals surface area contributed by atoms with E-state index in [0.29, 0.717) is 35.9 Å². The molecule has 0 aliphatic carbocycles. The van der Waals surface area contributed by atoms with Crippen LogP contribution in [0.2, 0.25) is 0 Å². The molecule has 0 saturated carbocycles. The summed E-state index contributed by atoms with van der Waals surface area (Å²) >= 11 is 0. The number of aryl methyl sites for hydroxylation is 1. The largest absolute Gasteiger partial charge is 0.385 e. The molecule has 3 rings (SSSR count). The Hall–Kier alpha value is -2.86. The van der Waals surface area contributed by atoms with Gasteiger partial charge < -0.3 is 20.3 Å². The van der Waals surface area contributed by atoms with E-state index in [-0.39, 0.29) is 11.8 Å².